The summed E-state index contributed by atoms with van der Waals surface area (Å²) < 4.78 is 11.1. The van der Waals surface area contributed by atoms with Gasteiger partial charge in [-0.3, -0.25) is 9.59 Å². The highest BCUT2D eigenvalue weighted by Gasteiger charge is 2.68. The molecule has 1 heterocycles. The molecule has 8 heteroatoms. The molecule has 5 fully saturated rings. The summed E-state index contributed by atoms with van der Waals surface area (Å²) in [5.41, 5.74) is -0.989. The van der Waals surface area contributed by atoms with Crippen molar-refractivity contribution in [2.24, 2.45) is 33.5 Å². The topological polar surface area (TPSA) is 134 Å². The minimum atomic E-state index is -1.60. The van der Waals surface area contributed by atoms with E-state index in [0.29, 0.717) is 24.5 Å². The molecule has 0 amide bonds. The molecular formula is C26H40O8. The number of aliphatic hydroxyl groups is 4. The highest BCUT2D eigenvalue weighted by atomic mass is 16.7. The third-order valence-electron chi connectivity index (χ3n) is 10.9. The van der Waals surface area contributed by atoms with Crippen LogP contribution in [0.3, 0.4) is 0 Å². The van der Waals surface area contributed by atoms with Gasteiger partial charge in [-0.1, -0.05) is 20.3 Å². The molecule has 1 spiro atoms. The largest absolute Gasteiger partial charge is 0.432 e. The average Bonchev–Trinajstić information content (AvgIpc) is 2.96. The number of hydrogen-bond acceptors (Lipinski definition) is 8. The van der Waals surface area contributed by atoms with Gasteiger partial charge in [0.25, 0.3) is 0 Å². The fourth-order valence-corrected chi connectivity index (χ4v) is 9.15. The van der Waals surface area contributed by atoms with Crippen LogP contribution in [0.25, 0.3) is 0 Å². The number of ketones is 1. The van der Waals surface area contributed by atoms with E-state index in [1.165, 1.54) is 0 Å². The average molecular weight is 481 g/mol. The van der Waals surface area contributed by atoms with Crippen molar-refractivity contribution >= 4 is 11.8 Å². The predicted octanol–water partition coefficient (Wildman–Crippen LogP) is 1.70. The molecule has 5 aliphatic rings. The molecule has 1 aliphatic heterocycles. The molecule has 192 valence electrons. The van der Waals surface area contributed by atoms with Crippen LogP contribution in [0.4, 0.5) is 0 Å². The number of fused-ring (bicyclic) bond motifs is 3. The molecule has 1 saturated heterocycles. The highest BCUT2D eigenvalue weighted by Crippen LogP contribution is 2.73. The van der Waals surface area contributed by atoms with Gasteiger partial charge in [-0.15, -0.1) is 0 Å². The highest BCUT2D eigenvalue weighted by molar-refractivity contribution is 5.88. The Labute approximate surface area is 201 Å². The van der Waals surface area contributed by atoms with Crippen molar-refractivity contribution in [3.05, 3.63) is 0 Å². The number of carbonyl (C=O) groups excluding carboxylic acids is 2. The Hall–Kier alpha value is -1.06. The second-order valence-electron chi connectivity index (χ2n) is 12.8. The van der Waals surface area contributed by atoms with Crippen molar-refractivity contribution < 1.29 is 39.5 Å². The summed E-state index contributed by atoms with van der Waals surface area (Å²) >= 11 is 0. The van der Waals surface area contributed by atoms with E-state index in [2.05, 4.69) is 13.8 Å². The first-order valence-electron chi connectivity index (χ1n) is 13.0. The lowest BCUT2D eigenvalue weighted by molar-refractivity contribution is -0.298. The molecule has 4 aliphatic carbocycles. The van der Waals surface area contributed by atoms with E-state index in [1.807, 2.05) is 6.92 Å². The monoisotopic (exact) mass is 480 g/mol. The number of aliphatic hydroxyl groups excluding tert-OH is 4. The van der Waals surface area contributed by atoms with Crippen molar-refractivity contribution in [2.45, 2.75) is 109 Å². The van der Waals surface area contributed by atoms with Crippen LogP contribution in [-0.2, 0) is 19.1 Å². The van der Waals surface area contributed by atoms with E-state index in [0.717, 1.165) is 44.9 Å². The molecule has 4 N–H and O–H groups in total. The van der Waals surface area contributed by atoms with Crippen LogP contribution in [-0.4, -0.2) is 69.5 Å². The number of Topliss-reactive ketones (excluding diaryl/α,β-unsaturated/α-hetero) is 1. The third kappa shape index (κ3) is 3.28. The van der Waals surface area contributed by atoms with Crippen molar-refractivity contribution in [1.29, 1.82) is 0 Å². The standard InChI is InChI=1S/C26H40O8/c1-23-9-5-16-24(2)7-4-8-25(3,15(24)6-10-26(16,13-23)11-17(23)28)22(32)34-21-20(31)19(30)18(29)14(12-27)33-21/h14-16,18-21,27,29-31H,4-13H2,1-3H3/t14-,15-,16-,18-,19+,20-,21+,23-,24+,25?,26+/m1/s1. The number of esters is 1. The Morgan fingerprint density at radius 2 is 1.71 bits per heavy atom. The smallest absolute Gasteiger partial charge is 0.314 e. The quantitative estimate of drug-likeness (QED) is 0.449. The molecule has 0 aromatic rings. The fourth-order valence-electron chi connectivity index (χ4n) is 9.15. The molecule has 1 unspecified atom stereocenters. The maximum atomic E-state index is 13.7. The van der Waals surface area contributed by atoms with E-state index in [4.69, 9.17) is 9.47 Å². The predicted molar refractivity (Wildman–Crippen MR) is 120 cm³/mol. The fraction of sp³-hybridized carbons (Fsp3) is 0.923. The maximum absolute atomic E-state index is 13.7. The van der Waals surface area contributed by atoms with Gasteiger partial charge >= 0.3 is 5.97 Å². The summed E-state index contributed by atoms with van der Waals surface area (Å²) in [4.78, 5) is 26.6. The van der Waals surface area contributed by atoms with Crippen molar-refractivity contribution in [2.75, 3.05) is 6.61 Å². The van der Waals surface area contributed by atoms with Crippen LogP contribution in [0.1, 0.15) is 78.6 Å². The first kappa shape index (κ1) is 24.6. The molecule has 0 aromatic carbocycles. The van der Waals surface area contributed by atoms with E-state index in [-0.39, 0.29) is 22.2 Å². The van der Waals surface area contributed by atoms with Gasteiger partial charge in [0.05, 0.1) is 12.0 Å². The lowest BCUT2D eigenvalue weighted by atomic mass is 9.40. The zero-order chi connectivity index (χ0) is 24.7. The van der Waals surface area contributed by atoms with Gasteiger partial charge in [-0.25, -0.2) is 0 Å². The Balaban J connectivity index is 1.39. The van der Waals surface area contributed by atoms with Crippen molar-refractivity contribution in [1.82, 2.24) is 0 Å². The molecule has 5 rings (SSSR count). The zero-order valence-corrected chi connectivity index (χ0v) is 20.5. The first-order chi connectivity index (χ1) is 15.9. The van der Waals surface area contributed by atoms with E-state index < -0.39 is 48.7 Å². The molecule has 11 atom stereocenters. The van der Waals surface area contributed by atoms with Crippen LogP contribution in [0, 0.1) is 33.5 Å². The molecule has 0 aromatic heterocycles. The maximum Gasteiger partial charge on any atom is 0.314 e. The normalized spacial score (nSPS) is 54.8. The summed E-state index contributed by atoms with van der Waals surface area (Å²) in [5, 5.41) is 40.0. The van der Waals surface area contributed by atoms with Crippen molar-refractivity contribution in [3.63, 3.8) is 0 Å². The summed E-state index contributed by atoms with van der Waals surface area (Å²) in [6, 6.07) is 0. The Bertz CT molecular complexity index is 860. The van der Waals surface area contributed by atoms with Crippen LogP contribution in [0.15, 0.2) is 0 Å². The first-order valence-corrected chi connectivity index (χ1v) is 13.0. The molecule has 8 nitrogen and oxygen atoms in total. The summed E-state index contributed by atoms with van der Waals surface area (Å²) in [6.07, 6.45) is 0.706. The minimum absolute atomic E-state index is 0.0504. The Kier molecular flexibility index (Phi) is 5.77. The number of carbonyl (C=O) groups is 2. The van der Waals surface area contributed by atoms with Gasteiger partial charge in [0.2, 0.25) is 6.29 Å². The number of rotatable bonds is 3. The third-order valence-corrected chi connectivity index (χ3v) is 10.9. The second kappa shape index (κ2) is 7.97. The number of ether oxygens (including phenoxy) is 2. The molecule has 34 heavy (non-hydrogen) atoms. The second-order valence-corrected chi connectivity index (χ2v) is 12.8. The SMILES string of the molecule is CC1(C(=O)O[C@@H]2O[C@H](CO)[C@@H](O)[C@H](O)[C@H]2O)CCC[C@@]2(C)[C@H]1CC[C@@]13CC(=O)[C@](C)(CC[C@@H]12)C3. The summed E-state index contributed by atoms with van der Waals surface area (Å²) in [6.45, 7) is 5.83. The van der Waals surface area contributed by atoms with Gasteiger partial charge in [0.1, 0.15) is 30.2 Å². The lowest BCUT2D eigenvalue weighted by Gasteiger charge is -2.64. The lowest BCUT2D eigenvalue weighted by Crippen LogP contribution is -2.62. The molecular weight excluding hydrogens is 440 g/mol. The van der Waals surface area contributed by atoms with Crippen LogP contribution in [0.2, 0.25) is 0 Å². The van der Waals surface area contributed by atoms with Gasteiger partial charge in [-0.05, 0) is 74.5 Å². The van der Waals surface area contributed by atoms with Gasteiger partial charge in [-0.2, -0.15) is 0 Å². The van der Waals surface area contributed by atoms with Gasteiger partial charge in [0, 0.05) is 11.8 Å². The number of hydrogen-bond donors (Lipinski definition) is 4. The Morgan fingerprint density at radius 1 is 1.00 bits per heavy atom. The molecule has 4 saturated carbocycles. The van der Waals surface area contributed by atoms with Crippen LogP contribution < -0.4 is 0 Å². The van der Waals surface area contributed by atoms with Crippen molar-refractivity contribution in [3.8, 4) is 0 Å². The van der Waals surface area contributed by atoms with Crippen LogP contribution in [0.5, 0.6) is 0 Å². The Morgan fingerprint density at radius 3 is 2.41 bits per heavy atom. The van der Waals surface area contributed by atoms with Gasteiger partial charge < -0.3 is 29.9 Å². The summed E-state index contributed by atoms with van der Waals surface area (Å²) in [5.74, 6) is 0.435. The van der Waals surface area contributed by atoms with E-state index in [1.54, 1.807) is 0 Å². The zero-order valence-electron chi connectivity index (χ0n) is 20.5. The minimum Gasteiger partial charge on any atom is -0.432 e. The van der Waals surface area contributed by atoms with Gasteiger partial charge in [0.15, 0.2) is 0 Å². The summed E-state index contributed by atoms with van der Waals surface area (Å²) in [7, 11) is 0. The van der Waals surface area contributed by atoms with E-state index >= 15 is 0 Å². The molecule has 0 radical (unpaired) electrons. The molecule has 2 bridgehead atoms. The van der Waals surface area contributed by atoms with E-state index in [9.17, 15) is 30.0 Å². The van der Waals surface area contributed by atoms with Crippen LogP contribution >= 0.6 is 0 Å².